The van der Waals surface area contributed by atoms with Crippen LogP contribution in [-0.2, 0) is 17.8 Å². The Balaban J connectivity index is 1.48. The molecule has 0 unspecified atom stereocenters. The van der Waals surface area contributed by atoms with Crippen LogP contribution in [0.2, 0.25) is 0 Å². The van der Waals surface area contributed by atoms with Crippen molar-refractivity contribution < 1.29 is 18.3 Å². The minimum atomic E-state index is -2.87. The molecular formula is C20H21F2N3O2. The van der Waals surface area contributed by atoms with Gasteiger partial charge in [-0.3, -0.25) is 10.1 Å². The Bertz CT molecular complexity index is 882. The maximum atomic E-state index is 12.3. The van der Waals surface area contributed by atoms with Crippen LogP contribution < -0.4 is 10.1 Å². The zero-order valence-corrected chi connectivity index (χ0v) is 14.7. The van der Waals surface area contributed by atoms with Crippen molar-refractivity contribution >= 4 is 17.3 Å². The Hall–Kier alpha value is -2.93. The molecule has 0 aliphatic heterocycles. The number of hydrogen-bond donors (Lipinski definition) is 2. The van der Waals surface area contributed by atoms with Crippen LogP contribution in [0.1, 0.15) is 11.1 Å². The predicted octanol–water partition coefficient (Wildman–Crippen LogP) is 3.52. The predicted molar refractivity (Wildman–Crippen MR) is 99.6 cm³/mol. The summed E-state index contributed by atoms with van der Waals surface area (Å²) in [5, 5.41) is 4.43. The Labute approximate surface area is 155 Å². The van der Waals surface area contributed by atoms with Gasteiger partial charge in [0.2, 0.25) is 6.41 Å². The highest BCUT2D eigenvalue weighted by Crippen LogP contribution is 2.18. The van der Waals surface area contributed by atoms with Gasteiger partial charge in [-0.05, 0) is 35.7 Å². The second kappa shape index (κ2) is 9.14. The molecule has 2 aromatic carbocycles. The summed E-state index contributed by atoms with van der Waals surface area (Å²) in [6.45, 7) is -1.48. The molecule has 27 heavy (non-hydrogen) atoms. The highest BCUT2D eigenvalue weighted by molar-refractivity contribution is 5.83. The molecule has 0 fully saturated rings. The topological polar surface area (TPSA) is 57.4 Å². The number of amides is 1. The SMILES string of the molecule is O=CN(CNCCc1c[nH]c2ccccc12)Cc1cccc(OC(F)F)c1. The number of ether oxygens (including phenoxy) is 1. The van der Waals surface area contributed by atoms with E-state index in [0.29, 0.717) is 19.8 Å². The molecule has 0 spiro atoms. The summed E-state index contributed by atoms with van der Waals surface area (Å²) in [4.78, 5) is 16.1. The lowest BCUT2D eigenvalue weighted by molar-refractivity contribution is -0.119. The number of halogens is 2. The minimum absolute atomic E-state index is 0.0839. The Morgan fingerprint density at radius 3 is 2.85 bits per heavy atom. The Morgan fingerprint density at radius 1 is 1.19 bits per heavy atom. The lowest BCUT2D eigenvalue weighted by atomic mass is 10.1. The first-order chi connectivity index (χ1) is 13.2. The van der Waals surface area contributed by atoms with Gasteiger partial charge in [0.05, 0.1) is 6.67 Å². The average molecular weight is 373 g/mol. The summed E-state index contributed by atoms with van der Waals surface area (Å²) in [6.07, 6.45) is 3.56. The van der Waals surface area contributed by atoms with Gasteiger partial charge in [0, 0.05) is 30.2 Å². The fraction of sp³-hybridized carbons (Fsp3) is 0.250. The summed E-state index contributed by atoms with van der Waals surface area (Å²) in [7, 11) is 0. The van der Waals surface area contributed by atoms with Crippen LogP contribution in [-0.4, -0.2) is 36.1 Å². The molecule has 7 heteroatoms. The van der Waals surface area contributed by atoms with Crippen LogP contribution in [0.4, 0.5) is 8.78 Å². The number of H-pyrrole nitrogens is 1. The van der Waals surface area contributed by atoms with E-state index in [2.05, 4.69) is 21.1 Å². The van der Waals surface area contributed by atoms with Crippen molar-refractivity contribution in [2.75, 3.05) is 13.2 Å². The van der Waals surface area contributed by atoms with Crippen molar-refractivity contribution in [1.82, 2.24) is 15.2 Å². The fourth-order valence-corrected chi connectivity index (χ4v) is 2.97. The monoisotopic (exact) mass is 373 g/mol. The first-order valence-electron chi connectivity index (χ1n) is 8.64. The molecule has 0 bridgehead atoms. The van der Waals surface area contributed by atoms with Gasteiger partial charge in [-0.15, -0.1) is 0 Å². The average Bonchev–Trinajstić information content (AvgIpc) is 3.07. The molecule has 3 aromatic rings. The second-order valence-electron chi connectivity index (χ2n) is 6.15. The van der Waals surface area contributed by atoms with Crippen molar-refractivity contribution in [3.63, 3.8) is 0 Å². The number of nitrogens with zero attached hydrogens (tertiary/aromatic N) is 1. The largest absolute Gasteiger partial charge is 0.435 e. The summed E-state index contributed by atoms with van der Waals surface area (Å²) in [5.74, 6) is 0.0839. The van der Waals surface area contributed by atoms with Crippen LogP contribution in [0.15, 0.2) is 54.7 Å². The highest BCUT2D eigenvalue weighted by atomic mass is 19.3. The van der Waals surface area contributed by atoms with E-state index in [-0.39, 0.29) is 5.75 Å². The van der Waals surface area contributed by atoms with Gasteiger partial charge < -0.3 is 14.6 Å². The van der Waals surface area contributed by atoms with Crippen LogP contribution in [0.5, 0.6) is 5.75 Å². The van der Waals surface area contributed by atoms with E-state index in [0.717, 1.165) is 23.9 Å². The van der Waals surface area contributed by atoms with Crippen molar-refractivity contribution in [3.8, 4) is 5.75 Å². The van der Waals surface area contributed by atoms with Crippen molar-refractivity contribution in [2.45, 2.75) is 19.6 Å². The summed E-state index contributed by atoms with van der Waals surface area (Å²) in [6, 6.07) is 14.5. The number of rotatable bonds is 10. The lowest BCUT2D eigenvalue weighted by Gasteiger charge is -2.18. The van der Waals surface area contributed by atoms with Crippen molar-refractivity contribution in [3.05, 3.63) is 65.9 Å². The first-order valence-corrected chi connectivity index (χ1v) is 8.64. The number of para-hydroxylation sites is 1. The van der Waals surface area contributed by atoms with Crippen LogP contribution in [0.3, 0.4) is 0 Å². The third-order valence-electron chi connectivity index (χ3n) is 4.22. The maximum absolute atomic E-state index is 12.3. The van der Waals surface area contributed by atoms with Gasteiger partial charge in [0.25, 0.3) is 0 Å². The lowest BCUT2D eigenvalue weighted by Crippen LogP contribution is -2.33. The number of carbonyl (C=O) groups excluding carboxylic acids is 1. The zero-order valence-electron chi connectivity index (χ0n) is 14.7. The highest BCUT2D eigenvalue weighted by Gasteiger charge is 2.08. The molecule has 142 valence electrons. The number of aromatic nitrogens is 1. The molecule has 2 N–H and O–H groups in total. The van der Waals surface area contributed by atoms with E-state index >= 15 is 0 Å². The minimum Gasteiger partial charge on any atom is -0.435 e. The van der Waals surface area contributed by atoms with Crippen LogP contribution >= 0.6 is 0 Å². The van der Waals surface area contributed by atoms with E-state index in [4.69, 9.17) is 0 Å². The molecule has 0 radical (unpaired) electrons. The first kappa shape index (κ1) is 18.8. The summed E-state index contributed by atoms with van der Waals surface area (Å²) < 4.78 is 29.0. The molecule has 0 saturated carbocycles. The molecule has 1 aromatic heterocycles. The Morgan fingerprint density at radius 2 is 2.04 bits per heavy atom. The van der Waals surface area contributed by atoms with Gasteiger partial charge in [-0.25, -0.2) is 0 Å². The second-order valence-corrected chi connectivity index (χ2v) is 6.15. The molecule has 1 heterocycles. The molecule has 0 saturated heterocycles. The molecule has 0 atom stereocenters. The molecule has 5 nitrogen and oxygen atoms in total. The van der Waals surface area contributed by atoms with E-state index in [1.54, 1.807) is 12.1 Å². The van der Waals surface area contributed by atoms with Gasteiger partial charge in [0.1, 0.15) is 5.75 Å². The van der Waals surface area contributed by atoms with E-state index < -0.39 is 6.61 Å². The van der Waals surface area contributed by atoms with Crippen molar-refractivity contribution in [1.29, 1.82) is 0 Å². The quantitative estimate of drug-likeness (QED) is 0.325. The summed E-state index contributed by atoms with van der Waals surface area (Å²) >= 11 is 0. The number of fused-ring (bicyclic) bond motifs is 1. The zero-order chi connectivity index (χ0) is 19.1. The molecule has 3 rings (SSSR count). The molecular weight excluding hydrogens is 352 g/mol. The summed E-state index contributed by atoms with van der Waals surface area (Å²) in [5.41, 5.74) is 3.04. The molecule has 1 amide bonds. The molecule has 0 aliphatic rings. The van der Waals surface area contributed by atoms with Crippen LogP contribution in [0.25, 0.3) is 10.9 Å². The standard InChI is InChI=1S/C20H21F2N3O2/c21-20(22)27-17-5-3-4-15(10-17)12-25(14-26)13-23-9-8-16-11-24-19-7-2-1-6-18(16)19/h1-7,10-11,14,20,23-24H,8-9,12-13H2. The number of benzene rings is 2. The van der Waals surface area contributed by atoms with Gasteiger partial charge >= 0.3 is 6.61 Å². The molecule has 0 aliphatic carbocycles. The number of carbonyl (C=O) groups is 1. The van der Waals surface area contributed by atoms with E-state index in [9.17, 15) is 13.6 Å². The van der Waals surface area contributed by atoms with Gasteiger partial charge in [0.15, 0.2) is 0 Å². The number of alkyl halides is 2. The smallest absolute Gasteiger partial charge is 0.387 e. The van der Waals surface area contributed by atoms with Gasteiger partial charge in [-0.2, -0.15) is 8.78 Å². The third kappa shape index (κ3) is 5.27. The van der Waals surface area contributed by atoms with E-state index in [1.165, 1.54) is 28.0 Å². The van der Waals surface area contributed by atoms with Crippen molar-refractivity contribution in [2.24, 2.45) is 0 Å². The number of aromatic amines is 1. The Kier molecular flexibility index (Phi) is 6.38. The normalized spacial score (nSPS) is 11.1. The maximum Gasteiger partial charge on any atom is 0.387 e. The van der Waals surface area contributed by atoms with Gasteiger partial charge in [-0.1, -0.05) is 30.3 Å². The number of hydrogen-bond acceptors (Lipinski definition) is 3. The fourth-order valence-electron chi connectivity index (χ4n) is 2.97. The van der Waals surface area contributed by atoms with Crippen LogP contribution in [0, 0.1) is 0 Å². The van der Waals surface area contributed by atoms with E-state index in [1.807, 2.05) is 24.4 Å². The number of nitrogens with one attached hydrogen (secondary N) is 2. The third-order valence-corrected chi connectivity index (χ3v) is 4.22.